The van der Waals surface area contributed by atoms with E-state index in [0.717, 1.165) is 27.0 Å². The molecule has 0 radical (unpaired) electrons. The van der Waals surface area contributed by atoms with E-state index >= 15 is 0 Å². The third kappa shape index (κ3) is 3.16. The minimum absolute atomic E-state index is 0.224. The summed E-state index contributed by atoms with van der Waals surface area (Å²) < 4.78 is 30.6. The lowest BCUT2D eigenvalue weighted by Crippen LogP contribution is -2.42. The highest BCUT2D eigenvalue weighted by Gasteiger charge is 2.32. The van der Waals surface area contributed by atoms with Crippen molar-refractivity contribution in [3.63, 3.8) is 0 Å². The number of nitrogens with zero attached hydrogens (tertiary/aromatic N) is 4. The molecule has 4 rings (SSSR count). The molecule has 146 valence electrons. The number of nitrogen functional groups attached to an aromatic ring is 1. The molecule has 2 aromatic heterocycles. The lowest BCUT2D eigenvalue weighted by atomic mass is 10.1. The Hall–Kier alpha value is -2.45. The molecule has 0 amide bonds. The third-order valence-electron chi connectivity index (χ3n) is 5.08. The topological polar surface area (TPSA) is 117 Å². The van der Waals surface area contributed by atoms with Gasteiger partial charge in [-0.15, -0.1) is 11.3 Å². The molecule has 0 fully saturated rings. The number of rotatable bonds is 5. The number of nitrogens with two attached hydrogens (primary N) is 1. The van der Waals surface area contributed by atoms with Crippen molar-refractivity contribution in [1.29, 1.82) is 5.26 Å². The second kappa shape index (κ2) is 6.86. The largest absolute Gasteiger partial charge is 0.383 e. The summed E-state index contributed by atoms with van der Waals surface area (Å²) in [7, 11) is -0.508. The molecule has 3 aromatic rings. The molecular weight excluding hydrogens is 396 g/mol. The molecule has 10 heteroatoms. The number of thiazole rings is 1. The van der Waals surface area contributed by atoms with Gasteiger partial charge in [0.1, 0.15) is 5.82 Å². The maximum atomic E-state index is 12.3. The number of nitrogens with one attached hydrogen (secondary N) is 1. The number of anilines is 1. The number of hydrogen-bond donors (Lipinski definition) is 2. The first-order valence-electron chi connectivity index (χ1n) is 8.72. The van der Waals surface area contributed by atoms with Gasteiger partial charge in [0, 0.05) is 43.2 Å². The average Bonchev–Trinajstić information content (AvgIpc) is 3.31. The first-order chi connectivity index (χ1) is 13.3. The van der Waals surface area contributed by atoms with Gasteiger partial charge in [0.2, 0.25) is 0 Å². The molecule has 3 N–H and O–H groups in total. The average molecular weight is 417 g/mol. The van der Waals surface area contributed by atoms with Crippen LogP contribution in [0, 0.1) is 11.3 Å². The van der Waals surface area contributed by atoms with Gasteiger partial charge in [-0.3, -0.25) is 0 Å². The Morgan fingerprint density at radius 3 is 2.86 bits per heavy atom. The summed E-state index contributed by atoms with van der Waals surface area (Å²) >= 11 is 1.50. The van der Waals surface area contributed by atoms with Gasteiger partial charge in [0.15, 0.2) is 0 Å². The van der Waals surface area contributed by atoms with Gasteiger partial charge in [-0.25, -0.2) is 4.98 Å². The van der Waals surface area contributed by atoms with Crippen LogP contribution in [0.4, 0.5) is 5.82 Å². The Labute approximate surface area is 167 Å². The van der Waals surface area contributed by atoms with E-state index in [1.54, 1.807) is 11.6 Å². The molecular formula is C18H20N6O2S2. The van der Waals surface area contributed by atoms with Crippen LogP contribution in [0.15, 0.2) is 23.7 Å². The molecule has 1 aliphatic carbocycles. The molecule has 28 heavy (non-hydrogen) atoms. The fraction of sp³-hybridized carbons (Fsp3) is 0.333. The second-order valence-electron chi connectivity index (χ2n) is 7.03. The van der Waals surface area contributed by atoms with E-state index in [2.05, 4.69) is 20.3 Å². The summed E-state index contributed by atoms with van der Waals surface area (Å²) in [6, 6.07) is 7.59. The van der Waals surface area contributed by atoms with E-state index in [0.29, 0.717) is 30.8 Å². The van der Waals surface area contributed by atoms with Crippen molar-refractivity contribution in [2.45, 2.75) is 25.4 Å². The Kier molecular flexibility index (Phi) is 4.63. The molecule has 0 spiro atoms. The summed E-state index contributed by atoms with van der Waals surface area (Å²) in [6.07, 6.45) is 1.16. The summed E-state index contributed by atoms with van der Waals surface area (Å²) in [5.41, 5.74) is 11.5. The van der Waals surface area contributed by atoms with Gasteiger partial charge >= 0.3 is 0 Å². The summed E-state index contributed by atoms with van der Waals surface area (Å²) in [5.74, 6) is 0.511. The Bertz CT molecular complexity index is 1200. The van der Waals surface area contributed by atoms with Gasteiger partial charge < -0.3 is 10.3 Å². The Balaban J connectivity index is 1.78. The Morgan fingerprint density at radius 2 is 2.21 bits per heavy atom. The van der Waals surface area contributed by atoms with Crippen LogP contribution in [0.25, 0.3) is 10.9 Å². The van der Waals surface area contributed by atoms with E-state index < -0.39 is 10.2 Å². The number of fused-ring (bicyclic) bond motifs is 3. The highest BCUT2D eigenvalue weighted by atomic mass is 32.2. The van der Waals surface area contributed by atoms with Gasteiger partial charge in [0.25, 0.3) is 10.2 Å². The summed E-state index contributed by atoms with van der Waals surface area (Å²) in [4.78, 5) is 5.08. The molecule has 0 saturated heterocycles. The highest BCUT2D eigenvalue weighted by Crippen LogP contribution is 2.35. The highest BCUT2D eigenvalue weighted by molar-refractivity contribution is 7.87. The first-order valence-corrected chi connectivity index (χ1v) is 11.0. The maximum absolute atomic E-state index is 12.3. The van der Waals surface area contributed by atoms with E-state index in [1.165, 1.54) is 29.7 Å². The standard InChI is InChI=1S/C18H20N6O2S2/c1-23(2)28(25,26)22-12-6-14-13-5-11(8-19)3-4-15(13)24(16(14)7-12)9-17-18(20)21-10-27-17/h3-5,10,12,22H,6-7,9,20H2,1-2H3/t12-/m1/s1. The smallest absolute Gasteiger partial charge is 0.279 e. The van der Waals surface area contributed by atoms with Crippen molar-refractivity contribution in [3.05, 3.63) is 45.4 Å². The zero-order valence-corrected chi connectivity index (χ0v) is 17.1. The predicted octanol–water partition coefficient (Wildman–Crippen LogP) is 1.46. The van der Waals surface area contributed by atoms with Crippen LogP contribution in [-0.4, -0.2) is 42.4 Å². The lowest BCUT2D eigenvalue weighted by Gasteiger charge is -2.18. The van der Waals surface area contributed by atoms with E-state index in [9.17, 15) is 13.7 Å². The van der Waals surface area contributed by atoms with Gasteiger partial charge in [-0.2, -0.15) is 22.7 Å². The van der Waals surface area contributed by atoms with Crippen molar-refractivity contribution in [2.75, 3.05) is 19.8 Å². The number of benzene rings is 1. The van der Waals surface area contributed by atoms with E-state index in [1.807, 2.05) is 12.1 Å². The van der Waals surface area contributed by atoms with Crippen LogP contribution < -0.4 is 10.5 Å². The minimum Gasteiger partial charge on any atom is -0.383 e. The zero-order chi connectivity index (χ0) is 20.1. The second-order valence-corrected chi connectivity index (χ2v) is 9.88. The van der Waals surface area contributed by atoms with Crippen molar-refractivity contribution in [3.8, 4) is 6.07 Å². The van der Waals surface area contributed by atoms with Crippen molar-refractivity contribution < 1.29 is 8.42 Å². The van der Waals surface area contributed by atoms with Gasteiger partial charge in [0.05, 0.1) is 28.6 Å². The Morgan fingerprint density at radius 1 is 1.43 bits per heavy atom. The first kappa shape index (κ1) is 18.9. The quantitative estimate of drug-likeness (QED) is 0.653. The summed E-state index contributed by atoms with van der Waals surface area (Å²) in [5, 5.41) is 10.3. The fourth-order valence-electron chi connectivity index (χ4n) is 3.68. The van der Waals surface area contributed by atoms with Crippen LogP contribution in [0.3, 0.4) is 0 Å². The molecule has 1 atom stereocenters. The zero-order valence-electron chi connectivity index (χ0n) is 15.5. The fourth-order valence-corrected chi connectivity index (χ4v) is 5.15. The number of aromatic nitrogens is 2. The predicted molar refractivity (Wildman–Crippen MR) is 109 cm³/mol. The van der Waals surface area contributed by atoms with Crippen LogP contribution in [-0.2, 0) is 29.6 Å². The van der Waals surface area contributed by atoms with Crippen molar-refractivity contribution >= 4 is 38.3 Å². The van der Waals surface area contributed by atoms with E-state index in [4.69, 9.17) is 5.73 Å². The monoisotopic (exact) mass is 416 g/mol. The van der Waals surface area contributed by atoms with Crippen LogP contribution in [0.2, 0.25) is 0 Å². The van der Waals surface area contributed by atoms with Crippen molar-refractivity contribution in [1.82, 2.24) is 18.6 Å². The number of nitriles is 1. The van der Waals surface area contributed by atoms with Crippen LogP contribution in [0.1, 0.15) is 21.7 Å². The molecule has 0 saturated carbocycles. The van der Waals surface area contributed by atoms with Crippen LogP contribution in [0.5, 0.6) is 0 Å². The van der Waals surface area contributed by atoms with Gasteiger partial charge in [-0.05, 0) is 30.2 Å². The number of hydrogen-bond acceptors (Lipinski definition) is 6. The summed E-state index contributed by atoms with van der Waals surface area (Å²) in [6.45, 7) is 0.571. The van der Waals surface area contributed by atoms with Crippen molar-refractivity contribution in [2.24, 2.45) is 0 Å². The molecule has 2 heterocycles. The molecule has 1 aliphatic rings. The lowest BCUT2D eigenvalue weighted by molar-refractivity contribution is 0.487. The maximum Gasteiger partial charge on any atom is 0.279 e. The molecule has 1 aromatic carbocycles. The molecule has 8 nitrogen and oxygen atoms in total. The SMILES string of the molecule is CN(C)S(=O)(=O)N[C@@H]1Cc2c(n(Cc3scnc3N)c3ccc(C#N)cc23)C1. The minimum atomic E-state index is -3.52. The van der Waals surface area contributed by atoms with Crippen LogP contribution >= 0.6 is 11.3 Å². The normalized spacial score (nSPS) is 16.6. The third-order valence-corrected chi connectivity index (χ3v) is 7.50. The van der Waals surface area contributed by atoms with Gasteiger partial charge in [-0.1, -0.05) is 0 Å². The molecule has 0 aliphatic heterocycles. The molecule has 0 unspecified atom stereocenters. The van der Waals surface area contributed by atoms with E-state index in [-0.39, 0.29) is 6.04 Å². The molecule has 0 bridgehead atoms.